The molecule has 0 bridgehead atoms. The number of nitrogens with two attached hydrogens (primary N) is 1. The fourth-order valence-corrected chi connectivity index (χ4v) is 2.35. The molecule has 0 aromatic carbocycles. The Labute approximate surface area is 75.2 Å². The number of rotatable bonds is 1. The topological polar surface area (TPSA) is 46.2 Å². The van der Waals surface area contributed by atoms with Crippen LogP contribution in [0, 0.1) is 11.3 Å². The van der Waals surface area contributed by atoms with Crippen LogP contribution in [0.4, 0.5) is 0 Å². The lowest BCUT2D eigenvalue weighted by Crippen LogP contribution is -2.39. The third-order valence-corrected chi connectivity index (χ3v) is 2.92. The lowest BCUT2D eigenvalue weighted by molar-refractivity contribution is 0.0281. The molecular weight excluding hydrogens is 150 g/mol. The van der Waals surface area contributed by atoms with Gasteiger partial charge in [-0.2, -0.15) is 0 Å². The van der Waals surface area contributed by atoms with Crippen LogP contribution in [0.3, 0.4) is 0 Å². The Morgan fingerprint density at radius 1 is 1.42 bits per heavy atom. The van der Waals surface area contributed by atoms with Gasteiger partial charge in [-0.1, -0.05) is 13.8 Å². The van der Waals surface area contributed by atoms with E-state index in [1.165, 1.54) is 0 Å². The molecule has 12 heavy (non-hydrogen) atoms. The monoisotopic (exact) mass is 171 g/mol. The van der Waals surface area contributed by atoms with Crippen LogP contribution >= 0.6 is 0 Å². The summed E-state index contributed by atoms with van der Waals surface area (Å²) in [6, 6.07) is 0.222. The van der Waals surface area contributed by atoms with Gasteiger partial charge in [0.2, 0.25) is 0 Å². The van der Waals surface area contributed by atoms with Gasteiger partial charge in [-0.25, -0.2) is 0 Å². The molecule has 1 saturated carbocycles. The van der Waals surface area contributed by atoms with Gasteiger partial charge in [-0.15, -0.1) is 0 Å². The quantitative estimate of drug-likeness (QED) is 0.628. The van der Waals surface area contributed by atoms with Crippen LogP contribution in [-0.4, -0.2) is 17.3 Å². The van der Waals surface area contributed by atoms with E-state index in [0.29, 0.717) is 5.92 Å². The molecule has 1 fully saturated rings. The van der Waals surface area contributed by atoms with Crippen molar-refractivity contribution in [3.8, 4) is 0 Å². The average Bonchev–Trinajstić information content (AvgIpc) is 1.82. The Hall–Kier alpha value is -0.0800. The van der Waals surface area contributed by atoms with E-state index in [0.717, 1.165) is 19.3 Å². The molecule has 3 unspecified atom stereocenters. The van der Waals surface area contributed by atoms with Crippen LogP contribution in [0.5, 0.6) is 0 Å². The number of hydrogen-bond donors (Lipinski definition) is 2. The second-order valence-corrected chi connectivity index (χ2v) is 5.08. The van der Waals surface area contributed by atoms with Gasteiger partial charge in [0.15, 0.2) is 0 Å². The van der Waals surface area contributed by atoms with Crippen molar-refractivity contribution >= 4 is 0 Å². The minimum Gasteiger partial charge on any atom is -0.393 e. The van der Waals surface area contributed by atoms with Crippen molar-refractivity contribution in [3.63, 3.8) is 0 Å². The van der Waals surface area contributed by atoms with E-state index >= 15 is 0 Å². The van der Waals surface area contributed by atoms with E-state index in [-0.39, 0.29) is 17.6 Å². The second-order valence-electron chi connectivity index (χ2n) is 5.08. The van der Waals surface area contributed by atoms with E-state index in [2.05, 4.69) is 13.8 Å². The van der Waals surface area contributed by atoms with Crippen LogP contribution in [-0.2, 0) is 0 Å². The third kappa shape index (κ3) is 2.46. The van der Waals surface area contributed by atoms with E-state index < -0.39 is 0 Å². The van der Waals surface area contributed by atoms with E-state index in [4.69, 9.17) is 5.73 Å². The molecule has 72 valence electrons. The summed E-state index contributed by atoms with van der Waals surface area (Å²) in [4.78, 5) is 0. The van der Waals surface area contributed by atoms with Gasteiger partial charge in [0.25, 0.3) is 0 Å². The predicted molar refractivity (Wildman–Crippen MR) is 50.8 cm³/mol. The molecule has 0 amide bonds. The fraction of sp³-hybridized carbons (Fsp3) is 1.00. The zero-order valence-corrected chi connectivity index (χ0v) is 8.38. The smallest absolute Gasteiger partial charge is 0.0548 e. The summed E-state index contributed by atoms with van der Waals surface area (Å²) in [7, 11) is 0. The molecule has 3 atom stereocenters. The summed E-state index contributed by atoms with van der Waals surface area (Å²) < 4.78 is 0. The van der Waals surface area contributed by atoms with Crippen molar-refractivity contribution in [1.82, 2.24) is 0 Å². The van der Waals surface area contributed by atoms with Crippen molar-refractivity contribution in [3.05, 3.63) is 0 Å². The Morgan fingerprint density at radius 2 is 2.00 bits per heavy atom. The zero-order valence-electron chi connectivity index (χ0n) is 8.38. The predicted octanol–water partition coefficient (Wildman–Crippen LogP) is 1.52. The van der Waals surface area contributed by atoms with Crippen molar-refractivity contribution in [2.75, 3.05) is 0 Å². The fourth-order valence-electron chi connectivity index (χ4n) is 2.35. The highest BCUT2D eigenvalue weighted by Crippen LogP contribution is 2.39. The molecule has 0 aromatic rings. The summed E-state index contributed by atoms with van der Waals surface area (Å²) in [5.74, 6) is 0.503. The molecule has 0 saturated heterocycles. The van der Waals surface area contributed by atoms with Crippen molar-refractivity contribution in [1.29, 1.82) is 0 Å². The highest BCUT2D eigenvalue weighted by Gasteiger charge is 2.34. The van der Waals surface area contributed by atoms with Gasteiger partial charge in [0.05, 0.1) is 6.10 Å². The van der Waals surface area contributed by atoms with Crippen LogP contribution in [0.25, 0.3) is 0 Å². The Kier molecular flexibility index (Phi) is 2.79. The molecule has 3 N–H and O–H groups in total. The molecule has 0 radical (unpaired) electrons. The van der Waals surface area contributed by atoms with Crippen molar-refractivity contribution < 1.29 is 5.11 Å². The van der Waals surface area contributed by atoms with Gasteiger partial charge >= 0.3 is 0 Å². The lowest BCUT2D eigenvalue weighted by Gasteiger charge is -2.39. The first-order valence-electron chi connectivity index (χ1n) is 4.84. The minimum absolute atomic E-state index is 0.134. The molecule has 0 aromatic heterocycles. The highest BCUT2D eigenvalue weighted by atomic mass is 16.3. The Bertz CT molecular complexity index is 154. The van der Waals surface area contributed by atoms with Crippen molar-refractivity contribution in [2.45, 2.75) is 52.2 Å². The van der Waals surface area contributed by atoms with Gasteiger partial charge in [-0.3, -0.25) is 0 Å². The number of aliphatic hydroxyl groups excluding tert-OH is 1. The molecular formula is C10H21NO. The maximum Gasteiger partial charge on any atom is 0.0548 e. The standard InChI is InChI=1S/C10H21NO/c1-7(11)8-4-9(12)6-10(2,3)5-8/h7-9,12H,4-6,11H2,1-3H3. The normalized spacial score (nSPS) is 37.8. The molecule has 0 aliphatic heterocycles. The summed E-state index contributed by atoms with van der Waals surface area (Å²) in [6.45, 7) is 6.47. The summed E-state index contributed by atoms with van der Waals surface area (Å²) in [6.07, 6.45) is 2.84. The van der Waals surface area contributed by atoms with Crippen LogP contribution in [0.2, 0.25) is 0 Å². The molecule has 0 spiro atoms. The molecule has 1 aliphatic rings. The maximum atomic E-state index is 9.61. The first-order valence-corrected chi connectivity index (χ1v) is 4.84. The van der Waals surface area contributed by atoms with Crippen LogP contribution in [0.15, 0.2) is 0 Å². The van der Waals surface area contributed by atoms with Crippen molar-refractivity contribution in [2.24, 2.45) is 17.1 Å². The van der Waals surface area contributed by atoms with Crippen LogP contribution in [0.1, 0.15) is 40.0 Å². The number of aliphatic hydroxyl groups is 1. The highest BCUT2D eigenvalue weighted by molar-refractivity contribution is 4.87. The van der Waals surface area contributed by atoms with E-state index in [1.54, 1.807) is 0 Å². The molecule has 1 rings (SSSR count). The largest absolute Gasteiger partial charge is 0.393 e. The Balaban J connectivity index is 2.58. The van der Waals surface area contributed by atoms with Gasteiger partial charge in [0.1, 0.15) is 0 Å². The second kappa shape index (κ2) is 3.35. The molecule has 1 aliphatic carbocycles. The average molecular weight is 171 g/mol. The Morgan fingerprint density at radius 3 is 2.42 bits per heavy atom. The zero-order chi connectivity index (χ0) is 9.35. The lowest BCUT2D eigenvalue weighted by atomic mass is 9.69. The molecule has 2 heteroatoms. The summed E-state index contributed by atoms with van der Waals surface area (Å²) in [5.41, 5.74) is 6.11. The SMILES string of the molecule is CC(N)C1CC(O)CC(C)(C)C1. The van der Waals surface area contributed by atoms with E-state index in [9.17, 15) is 5.11 Å². The third-order valence-electron chi connectivity index (χ3n) is 2.92. The summed E-state index contributed by atoms with van der Waals surface area (Å²) in [5, 5.41) is 9.61. The first-order chi connectivity index (χ1) is 5.41. The summed E-state index contributed by atoms with van der Waals surface area (Å²) >= 11 is 0. The van der Waals surface area contributed by atoms with E-state index in [1.807, 2.05) is 6.92 Å². The maximum absolute atomic E-state index is 9.61. The van der Waals surface area contributed by atoms with Crippen LogP contribution < -0.4 is 5.73 Å². The van der Waals surface area contributed by atoms with Gasteiger partial charge in [-0.05, 0) is 37.5 Å². The minimum atomic E-state index is -0.134. The first kappa shape index (κ1) is 10.0. The van der Waals surface area contributed by atoms with Gasteiger partial charge < -0.3 is 10.8 Å². The van der Waals surface area contributed by atoms with Gasteiger partial charge in [0, 0.05) is 6.04 Å². The molecule has 0 heterocycles. The molecule has 2 nitrogen and oxygen atoms in total. The number of hydrogen-bond acceptors (Lipinski definition) is 2.